The van der Waals surface area contributed by atoms with Crippen LogP contribution in [-0.2, 0) is 0 Å². The Hall–Kier alpha value is -2.01. The SMILES string of the molecule is Cc1cc(NN)nc(-c2ccc(C)c(F)c2)n1. The van der Waals surface area contributed by atoms with Gasteiger partial charge in [0.15, 0.2) is 5.82 Å². The Morgan fingerprint density at radius 2 is 1.94 bits per heavy atom. The molecule has 0 saturated heterocycles. The lowest BCUT2D eigenvalue weighted by Crippen LogP contribution is -2.10. The summed E-state index contributed by atoms with van der Waals surface area (Å²) in [5.41, 5.74) is 4.46. The average Bonchev–Trinajstić information content (AvgIpc) is 2.32. The van der Waals surface area contributed by atoms with E-state index in [1.165, 1.54) is 6.07 Å². The topological polar surface area (TPSA) is 63.8 Å². The average molecular weight is 232 g/mol. The van der Waals surface area contributed by atoms with Crippen molar-refractivity contribution in [2.45, 2.75) is 13.8 Å². The third kappa shape index (κ3) is 2.39. The van der Waals surface area contributed by atoms with Gasteiger partial charge in [-0.25, -0.2) is 20.2 Å². The van der Waals surface area contributed by atoms with E-state index in [1.54, 1.807) is 25.1 Å². The van der Waals surface area contributed by atoms with E-state index < -0.39 is 0 Å². The third-order valence-electron chi connectivity index (χ3n) is 2.43. The van der Waals surface area contributed by atoms with Gasteiger partial charge in [-0.3, -0.25) is 0 Å². The highest BCUT2D eigenvalue weighted by Gasteiger charge is 2.06. The largest absolute Gasteiger partial charge is 0.308 e. The summed E-state index contributed by atoms with van der Waals surface area (Å²) in [6.45, 7) is 3.54. The van der Waals surface area contributed by atoms with Crippen LogP contribution in [0.25, 0.3) is 11.4 Å². The molecule has 88 valence electrons. The molecule has 4 nitrogen and oxygen atoms in total. The van der Waals surface area contributed by atoms with E-state index in [2.05, 4.69) is 15.4 Å². The van der Waals surface area contributed by atoms with Gasteiger partial charge < -0.3 is 5.43 Å². The molecule has 1 aromatic heterocycles. The van der Waals surface area contributed by atoms with Crippen molar-refractivity contribution >= 4 is 5.82 Å². The summed E-state index contributed by atoms with van der Waals surface area (Å²) in [4.78, 5) is 8.43. The van der Waals surface area contributed by atoms with Crippen LogP contribution >= 0.6 is 0 Å². The fourth-order valence-corrected chi connectivity index (χ4v) is 1.50. The molecule has 3 N–H and O–H groups in total. The van der Waals surface area contributed by atoms with Gasteiger partial charge in [0.1, 0.15) is 11.6 Å². The fourth-order valence-electron chi connectivity index (χ4n) is 1.50. The number of aromatic nitrogens is 2. The molecule has 0 saturated carbocycles. The fraction of sp³-hybridized carbons (Fsp3) is 0.167. The van der Waals surface area contributed by atoms with Crippen molar-refractivity contribution < 1.29 is 4.39 Å². The number of nitrogens with two attached hydrogens (primary N) is 1. The second-order valence-electron chi connectivity index (χ2n) is 3.83. The van der Waals surface area contributed by atoms with E-state index in [-0.39, 0.29) is 5.82 Å². The predicted octanol–water partition coefficient (Wildman–Crippen LogP) is 2.19. The molecule has 0 bridgehead atoms. The number of anilines is 1. The van der Waals surface area contributed by atoms with Gasteiger partial charge in [-0.15, -0.1) is 0 Å². The highest BCUT2D eigenvalue weighted by atomic mass is 19.1. The van der Waals surface area contributed by atoms with Crippen molar-refractivity contribution in [3.8, 4) is 11.4 Å². The van der Waals surface area contributed by atoms with Crippen molar-refractivity contribution in [3.05, 3.63) is 41.3 Å². The van der Waals surface area contributed by atoms with E-state index in [0.29, 0.717) is 22.8 Å². The first-order chi connectivity index (χ1) is 8.10. The van der Waals surface area contributed by atoms with Crippen LogP contribution < -0.4 is 11.3 Å². The molecular weight excluding hydrogens is 219 g/mol. The van der Waals surface area contributed by atoms with Gasteiger partial charge in [0.05, 0.1) is 0 Å². The molecule has 5 heteroatoms. The zero-order valence-corrected chi connectivity index (χ0v) is 9.66. The Balaban J connectivity index is 2.52. The van der Waals surface area contributed by atoms with E-state index in [1.807, 2.05) is 6.92 Å². The summed E-state index contributed by atoms with van der Waals surface area (Å²) in [5, 5.41) is 0. The third-order valence-corrected chi connectivity index (χ3v) is 2.43. The number of aryl methyl sites for hydroxylation is 2. The number of nitrogens with one attached hydrogen (secondary N) is 1. The zero-order valence-electron chi connectivity index (χ0n) is 9.66. The van der Waals surface area contributed by atoms with Crippen molar-refractivity contribution in [1.82, 2.24) is 9.97 Å². The first-order valence-electron chi connectivity index (χ1n) is 5.19. The summed E-state index contributed by atoms with van der Waals surface area (Å²) in [5.74, 6) is 6.00. The van der Waals surface area contributed by atoms with Crippen molar-refractivity contribution in [2.75, 3.05) is 5.43 Å². The minimum atomic E-state index is -0.269. The molecule has 2 rings (SSSR count). The zero-order chi connectivity index (χ0) is 12.4. The highest BCUT2D eigenvalue weighted by Crippen LogP contribution is 2.20. The lowest BCUT2D eigenvalue weighted by molar-refractivity contribution is 0.619. The molecule has 17 heavy (non-hydrogen) atoms. The van der Waals surface area contributed by atoms with Gasteiger partial charge in [0.2, 0.25) is 0 Å². The smallest absolute Gasteiger partial charge is 0.161 e. The molecule has 0 aliphatic rings. The van der Waals surface area contributed by atoms with Crippen molar-refractivity contribution in [3.63, 3.8) is 0 Å². The molecule has 0 fully saturated rings. The van der Waals surface area contributed by atoms with E-state index in [9.17, 15) is 4.39 Å². The Labute approximate surface area is 98.7 Å². The molecule has 1 heterocycles. The maximum Gasteiger partial charge on any atom is 0.161 e. The van der Waals surface area contributed by atoms with Crippen LogP contribution in [0.15, 0.2) is 24.3 Å². The molecule has 0 radical (unpaired) electrons. The minimum absolute atomic E-state index is 0.269. The number of hydrogen-bond donors (Lipinski definition) is 2. The number of halogens is 1. The van der Waals surface area contributed by atoms with Gasteiger partial charge >= 0.3 is 0 Å². The van der Waals surface area contributed by atoms with Crippen LogP contribution in [0.5, 0.6) is 0 Å². The first kappa shape index (κ1) is 11.5. The Bertz CT molecular complexity index is 554. The molecule has 2 aromatic rings. The molecule has 0 atom stereocenters. The quantitative estimate of drug-likeness (QED) is 0.615. The van der Waals surface area contributed by atoms with Crippen LogP contribution in [0.3, 0.4) is 0 Å². The minimum Gasteiger partial charge on any atom is -0.308 e. The number of benzene rings is 1. The normalized spacial score (nSPS) is 10.4. The van der Waals surface area contributed by atoms with E-state index >= 15 is 0 Å². The van der Waals surface area contributed by atoms with Crippen LogP contribution in [0.2, 0.25) is 0 Å². The number of hydrazine groups is 1. The molecule has 0 spiro atoms. The van der Waals surface area contributed by atoms with Crippen LogP contribution in [0.1, 0.15) is 11.3 Å². The van der Waals surface area contributed by atoms with Gasteiger partial charge in [-0.2, -0.15) is 0 Å². The summed E-state index contributed by atoms with van der Waals surface area (Å²) in [6.07, 6.45) is 0. The molecule has 0 unspecified atom stereocenters. The van der Waals surface area contributed by atoms with Crippen LogP contribution in [-0.4, -0.2) is 9.97 Å². The second kappa shape index (κ2) is 4.47. The maximum atomic E-state index is 13.5. The summed E-state index contributed by atoms with van der Waals surface area (Å²) >= 11 is 0. The van der Waals surface area contributed by atoms with Gasteiger partial charge in [0.25, 0.3) is 0 Å². The lowest BCUT2D eigenvalue weighted by Gasteiger charge is -2.06. The standard InChI is InChI=1S/C12H13FN4/c1-7-3-4-9(6-10(7)13)12-15-8(2)5-11(16-12)17-14/h3-6H,14H2,1-2H3,(H,15,16,17). The number of rotatable bonds is 2. The first-order valence-corrected chi connectivity index (χ1v) is 5.19. The van der Waals surface area contributed by atoms with Crippen LogP contribution in [0.4, 0.5) is 10.2 Å². The summed E-state index contributed by atoms with van der Waals surface area (Å²) in [7, 11) is 0. The van der Waals surface area contributed by atoms with Crippen LogP contribution in [0, 0.1) is 19.7 Å². The Morgan fingerprint density at radius 1 is 1.18 bits per heavy atom. The summed E-state index contributed by atoms with van der Waals surface area (Å²) in [6, 6.07) is 6.62. The lowest BCUT2D eigenvalue weighted by atomic mass is 10.1. The van der Waals surface area contributed by atoms with E-state index in [4.69, 9.17) is 5.84 Å². The molecule has 0 amide bonds. The molecule has 0 aliphatic heterocycles. The molecular formula is C12H13FN4. The number of hydrogen-bond acceptors (Lipinski definition) is 4. The molecule has 0 aliphatic carbocycles. The van der Waals surface area contributed by atoms with Crippen molar-refractivity contribution in [1.29, 1.82) is 0 Å². The maximum absolute atomic E-state index is 13.5. The number of nitrogens with zero attached hydrogens (tertiary/aromatic N) is 2. The predicted molar refractivity (Wildman–Crippen MR) is 64.7 cm³/mol. The van der Waals surface area contributed by atoms with E-state index in [0.717, 1.165) is 5.69 Å². The van der Waals surface area contributed by atoms with Gasteiger partial charge in [0, 0.05) is 17.3 Å². The van der Waals surface area contributed by atoms with Gasteiger partial charge in [-0.05, 0) is 25.5 Å². The molecule has 1 aromatic carbocycles. The van der Waals surface area contributed by atoms with Gasteiger partial charge in [-0.1, -0.05) is 12.1 Å². The summed E-state index contributed by atoms with van der Waals surface area (Å²) < 4.78 is 13.5. The highest BCUT2D eigenvalue weighted by molar-refractivity contribution is 5.58. The Morgan fingerprint density at radius 3 is 2.59 bits per heavy atom. The monoisotopic (exact) mass is 232 g/mol. The Kier molecular flexibility index (Phi) is 3.01. The van der Waals surface area contributed by atoms with Crippen molar-refractivity contribution in [2.24, 2.45) is 5.84 Å². The number of nitrogen functional groups attached to an aromatic ring is 1. The second-order valence-corrected chi connectivity index (χ2v) is 3.83.